The van der Waals surface area contributed by atoms with Crippen LogP contribution in [0.5, 0.6) is 5.75 Å². The van der Waals surface area contributed by atoms with Gasteiger partial charge in [-0.25, -0.2) is 14.1 Å². The maximum Gasteiger partial charge on any atom is 0.261 e. The van der Waals surface area contributed by atoms with Gasteiger partial charge in [0, 0.05) is 22.6 Å². The van der Waals surface area contributed by atoms with Crippen molar-refractivity contribution in [3.05, 3.63) is 102 Å². The van der Waals surface area contributed by atoms with E-state index in [1.807, 2.05) is 61.5 Å². The van der Waals surface area contributed by atoms with Gasteiger partial charge in [0.05, 0.1) is 18.8 Å². The van der Waals surface area contributed by atoms with Crippen LogP contribution in [-0.2, 0) is 4.79 Å². The van der Waals surface area contributed by atoms with Gasteiger partial charge in [-0.2, -0.15) is 5.10 Å². The maximum absolute atomic E-state index is 13.7. The third kappa shape index (κ3) is 4.90. The third-order valence-corrected chi connectivity index (χ3v) is 6.29. The van der Waals surface area contributed by atoms with Gasteiger partial charge in [-0.1, -0.05) is 36.4 Å². The van der Waals surface area contributed by atoms with Crippen LogP contribution in [0.3, 0.4) is 0 Å². The Morgan fingerprint density at radius 2 is 1.63 bits per heavy atom. The van der Waals surface area contributed by atoms with Crippen molar-refractivity contribution in [1.82, 2.24) is 9.78 Å². The average Bonchev–Trinajstić information content (AvgIpc) is 3.34. The number of anilines is 2. The second kappa shape index (κ2) is 10.7. The summed E-state index contributed by atoms with van der Waals surface area (Å²) in [6.07, 6.45) is 1.43. The standard InChI is InChI=1S/C29H26FN5O3/c1-3-38-24-12-8-7-11-22(24)26-25(29(37)34-20-9-5-4-6-10-20)18(2)32-27-23(17-31-35(26)27)28(36)33-21-15-13-19(30)14-16-21/h4-17,25-26H,3H2,1-2H3,(H,33,36)(H,34,37). The van der Waals surface area contributed by atoms with Gasteiger partial charge in [0.2, 0.25) is 5.91 Å². The first kappa shape index (κ1) is 24.9. The van der Waals surface area contributed by atoms with Gasteiger partial charge in [-0.05, 0) is 56.3 Å². The molecule has 38 heavy (non-hydrogen) atoms. The minimum absolute atomic E-state index is 0.231. The number of nitrogens with one attached hydrogen (secondary N) is 2. The molecule has 1 aliphatic rings. The lowest BCUT2D eigenvalue weighted by molar-refractivity contribution is -0.118. The number of aromatic nitrogens is 2. The molecule has 9 heteroatoms. The molecule has 2 atom stereocenters. The molecule has 2 unspecified atom stereocenters. The van der Waals surface area contributed by atoms with Gasteiger partial charge < -0.3 is 15.4 Å². The predicted molar refractivity (Wildman–Crippen MR) is 144 cm³/mol. The molecule has 0 fully saturated rings. The highest BCUT2D eigenvalue weighted by Gasteiger charge is 2.41. The molecule has 8 nitrogen and oxygen atoms in total. The van der Waals surface area contributed by atoms with E-state index in [-0.39, 0.29) is 11.5 Å². The number of carbonyl (C=O) groups is 2. The quantitative estimate of drug-likeness (QED) is 0.336. The summed E-state index contributed by atoms with van der Waals surface area (Å²) in [6.45, 7) is 4.10. The molecule has 1 aromatic heterocycles. The molecule has 4 aromatic rings. The second-order valence-corrected chi connectivity index (χ2v) is 8.79. The van der Waals surface area contributed by atoms with Crippen LogP contribution in [0.4, 0.5) is 21.6 Å². The molecule has 3 aromatic carbocycles. The predicted octanol–water partition coefficient (Wildman–Crippen LogP) is 5.62. The van der Waals surface area contributed by atoms with E-state index in [4.69, 9.17) is 4.74 Å². The van der Waals surface area contributed by atoms with Crippen LogP contribution in [-0.4, -0.2) is 33.9 Å². The van der Waals surface area contributed by atoms with Crippen molar-refractivity contribution in [2.24, 2.45) is 10.9 Å². The first-order valence-electron chi connectivity index (χ1n) is 12.2. The summed E-state index contributed by atoms with van der Waals surface area (Å²) in [7, 11) is 0. The van der Waals surface area contributed by atoms with Crippen molar-refractivity contribution in [3.63, 3.8) is 0 Å². The Hall–Kier alpha value is -4.79. The Morgan fingerprint density at radius 3 is 2.37 bits per heavy atom. The van der Waals surface area contributed by atoms with Gasteiger partial charge >= 0.3 is 0 Å². The number of ether oxygens (including phenoxy) is 1. The Morgan fingerprint density at radius 1 is 0.947 bits per heavy atom. The Balaban J connectivity index is 1.57. The number of nitrogens with zero attached hydrogens (tertiary/aromatic N) is 3. The highest BCUT2D eigenvalue weighted by atomic mass is 19.1. The smallest absolute Gasteiger partial charge is 0.261 e. The number of hydrogen-bond donors (Lipinski definition) is 2. The minimum atomic E-state index is -0.725. The van der Waals surface area contributed by atoms with Crippen LogP contribution in [0.25, 0.3) is 0 Å². The molecular weight excluding hydrogens is 485 g/mol. The zero-order valence-electron chi connectivity index (χ0n) is 20.9. The van der Waals surface area contributed by atoms with Crippen LogP contribution in [0.15, 0.2) is 90.1 Å². The summed E-state index contributed by atoms with van der Waals surface area (Å²) in [6, 6.07) is 21.5. The zero-order chi connectivity index (χ0) is 26.6. The monoisotopic (exact) mass is 511 g/mol. The van der Waals surface area contributed by atoms with E-state index in [1.165, 1.54) is 30.5 Å². The van der Waals surface area contributed by atoms with E-state index >= 15 is 0 Å². The average molecular weight is 512 g/mol. The first-order chi connectivity index (χ1) is 18.5. The third-order valence-electron chi connectivity index (χ3n) is 6.29. The van der Waals surface area contributed by atoms with Crippen molar-refractivity contribution in [2.45, 2.75) is 19.9 Å². The molecule has 192 valence electrons. The molecule has 5 rings (SSSR count). The summed E-state index contributed by atoms with van der Waals surface area (Å²) in [5.74, 6) is -0.891. The molecule has 2 N–H and O–H groups in total. The molecule has 2 heterocycles. The highest BCUT2D eigenvalue weighted by Crippen LogP contribution is 2.41. The Bertz CT molecular complexity index is 1500. The Labute approximate surface area is 219 Å². The zero-order valence-corrected chi connectivity index (χ0v) is 20.9. The molecule has 2 amide bonds. The van der Waals surface area contributed by atoms with Gasteiger partial charge in [-0.15, -0.1) is 0 Å². The maximum atomic E-state index is 13.7. The molecule has 0 spiro atoms. The lowest BCUT2D eigenvalue weighted by atomic mass is 9.86. The summed E-state index contributed by atoms with van der Waals surface area (Å²) in [5.41, 5.74) is 2.60. The van der Waals surface area contributed by atoms with Gasteiger partial charge in [0.15, 0.2) is 5.82 Å². The van der Waals surface area contributed by atoms with Gasteiger partial charge in [-0.3, -0.25) is 9.59 Å². The SMILES string of the molecule is CCOc1ccccc1C1C(C(=O)Nc2ccccc2)C(C)=Nc2c(C(=O)Nc3ccc(F)cc3)cnn21. The number of carbonyl (C=O) groups excluding carboxylic acids is 2. The Kier molecular flexibility index (Phi) is 6.99. The number of amides is 2. The number of hydrogen-bond acceptors (Lipinski definition) is 5. The lowest BCUT2D eigenvalue weighted by Gasteiger charge is -2.32. The summed E-state index contributed by atoms with van der Waals surface area (Å²) in [5, 5.41) is 10.3. The van der Waals surface area contributed by atoms with Gasteiger partial charge in [0.1, 0.15) is 23.0 Å². The fraction of sp³-hybridized carbons (Fsp3) is 0.172. The second-order valence-electron chi connectivity index (χ2n) is 8.79. The van der Waals surface area contributed by atoms with Gasteiger partial charge in [0.25, 0.3) is 5.91 Å². The van der Waals surface area contributed by atoms with E-state index in [2.05, 4.69) is 20.7 Å². The summed E-state index contributed by atoms with van der Waals surface area (Å²) < 4.78 is 20.8. The van der Waals surface area contributed by atoms with E-state index < -0.39 is 23.7 Å². The van der Waals surface area contributed by atoms with Crippen LogP contribution >= 0.6 is 0 Å². The fourth-order valence-electron chi connectivity index (χ4n) is 4.57. The lowest BCUT2D eigenvalue weighted by Crippen LogP contribution is -2.39. The van der Waals surface area contributed by atoms with E-state index in [1.54, 1.807) is 11.6 Å². The molecule has 1 aliphatic heterocycles. The topological polar surface area (TPSA) is 97.6 Å². The van der Waals surface area contributed by atoms with E-state index in [0.717, 1.165) is 5.56 Å². The molecule has 0 saturated carbocycles. The number of aliphatic imine (C=N–C) groups is 1. The highest BCUT2D eigenvalue weighted by molar-refractivity contribution is 6.12. The van der Waals surface area contributed by atoms with Crippen molar-refractivity contribution in [3.8, 4) is 5.75 Å². The number of rotatable bonds is 7. The van der Waals surface area contributed by atoms with Crippen molar-refractivity contribution in [2.75, 3.05) is 17.2 Å². The van der Waals surface area contributed by atoms with E-state index in [9.17, 15) is 14.0 Å². The minimum Gasteiger partial charge on any atom is -0.494 e. The fourth-order valence-corrected chi connectivity index (χ4v) is 4.57. The largest absolute Gasteiger partial charge is 0.494 e. The number of benzene rings is 3. The molecule has 0 radical (unpaired) electrons. The molecular formula is C29H26FN5O3. The van der Waals surface area contributed by atoms with Crippen LogP contribution < -0.4 is 15.4 Å². The van der Waals surface area contributed by atoms with Crippen LogP contribution in [0.2, 0.25) is 0 Å². The first-order valence-corrected chi connectivity index (χ1v) is 12.2. The van der Waals surface area contributed by atoms with E-state index in [0.29, 0.717) is 35.3 Å². The van der Waals surface area contributed by atoms with Crippen LogP contribution in [0, 0.1) is 11.7 Å². The van der Waals surface area contributed by atoms with Crippen LogP contribution in [0.1, 0.15) is 35.8 Å². The summed E-state index contributed by atoms with van der Waals surface area (Å²) >= 11 is 0. The molecule has 0 saturated heterocycles. The number of fused-ring (bicyclic) bond motifs is 1. The number of para-hydroxylation sites is 2. The van der Waals surface area contributed by atoms with Crippen molar-refractivity contribution < 1.29 is 18.7 Å². The number of halogens is 1. The molecule has 0 bridgehead atoms. The summed E-state index contributed by atoms with van der Waals surface area (Å²) in [4.78, 5) is 31.5. The van der Waals surface area contributed by atoms with Crippen molar-refractivity contribution in [1.29, 1.82) is 0 Å². The normalized spacial score (nSPS) is 16.2. The van der Waals surface area contributed by atoms with Crippen molar-refractivity contribution >= 4 is 34.7 Å². The molecule has 0 aliphatic carbocycles.